The van der Waals surface area contributed by atoms with E-state index < -0.39 is 17.7 Å². The third-order valence-electron chi connectivity index (χ3n) is 4.75. The van der Waals surface area contributed by atoms with Crippen LogP contribution in [0.5, 0.6) is 17.2 Å². The molecule has 7 nitrogen and oxygen atoms in total. The van der Waals surface area contributed by atoms with Crippen molar-refractivity contribution in [2.24, 2.45) is 0 Å². The Morgan fingerprint density at radius 2 is 1.81 bits per heavy atom. The number of methoxy groups -OCH3 is 1. The summed E-state index contributed by atoms with van der Waals surface area (Å²) in [5.74, 6) is 0.122. The van der Waals surface area contributed by atoms with Crippen LogP contribution in [0.4, 0.5) is 0 Å². The van der Waals surface area contributed by atoms with Gasteiger partial charge >= 0.3 is 0 Å². The number of amides is 1. The van der Waals surface area contributed by atoms with Crippen LogP contribution in [0, 0.1) is 0 Å². The van der Waals surface area contributed by atoms with Crippen LogP contribution in [0.15, 0.2) is 48.0 Å². The lowest BCUT2D eigenvalue weighted by Gasteiger charge is -2.21. The predicted octanol–water partition coefficient (Wildman–Crippen LogP) is 2.48. The van der Waals surface area contributed by atoms with Gasteiger partial charge in [0.1, 0.15) is 11.5 Å². The first-order valence-electron chi connectivity index (χ1n) is 8.30. The molecule has 0 saturated carbocycles. The number of likely N-dealkylation sites (N-methyl/N-ethyl adjacent to an activating group) is 1. The van der Waals surface area contributed by atoms with Crippen LogP contribution in [-0.4, -0.2) is 42.6 Å². The number of nitrogens with zero attached hydrogens (tertiary/aromatic N) is 1. The fourth-order valence-electron chi connectivity index (χ4n) is 3.33. The molecule has 0 radical (unpaired) electrons. The molecule has 0 unspecified atom stereocenters. The zero-order valence-electron chi connectivity index (χ0n) is 14.8. The topological polar surface area (TPSA) is 85.3 Å². The van der Waals surface area contributed by atoms with Crippen LogP contribution >= 0.6 is 0 Å². The van der Waals surface area contributed by atoms with E-state index in [4.69, 9.17) is 14.2 Å². The Morgan fingerprint density at radius 1 is 1.11 bits per heavy atom. The van der Waals surface area contributed by atoms with E-state index >= 15 is 0 Å². The quantitative estimate of drug-likeness (QED) is 0.510. The highest BCUT2D eigenvalue weighted by atomic mass is 16.7. The van der Waals surface area contributed by atoms with Crippen molar-refractivity contribution in [3.63, 3.8) is 0 Å². The molecular weight excluding hydrogens is 350 g/mol. The van der Waals surface area contributed by atoms with E-state index in [0.717, 1.165) is 0 Å². The second kappa shape index (κ2) is 6.35. The number of benzene rings is 2. The molecule has 4 rings (SSSR count). The Morgan fingerprint density at radius 3 is 2.52 bits per heavy atom. The summed E-state index contributed by atoms with van der Waals surface area (Å²) in [6.07, 6.45) is 0. The molecule has 1 atom stereocenters. The molecule has 1 saturated heterocycles. The Labute approximate surface area is 155 Å². The number of hydrogen-bond acceptors (Lipinski definition) is 6. The molecule has 0 aromatic heterocycles. The SMILES string of the molecule is COc1ccc(C(O)=C2C(=O)C(=O)N(C)[C@@H]2c2ccc3c(c2)OCO3)cc1. The maximum absolute atomic E-state index is 12.6. The van der Waals surface area contributed by atoms with E-state index in [1.807, 2.05) is 0 Å². The summed E-state index contributed by atoms with van der Waals surface area (Å²) in [6, 6.07) is 11.1. The van der Waals surface area contributed by atoms with Crippen molar-refractivity contribution >= 4 is 17.4 Å². The molecule has 2 aliphatic rings. The second-order valence-electron chi connectivity index (χ2n) is 6.25. The van der Waals surface area contributed by atoms with Crippen LogP contribution in [0.3, 0.4) is 0 Å². The minimum Gasteiger partial charge on any atom is -0.507 e. The van der Waals surface area contributed by atoms with Gasteiger partial charge in [-0.3, -0.25) is 9.59 Å². The standard InChI is InChI=1S/C20H17NO6/c1-21-17(12-5-8-14-15(9-12)27-10-26-14)16(19(23)20(21)24)18(22)11-3-6-13(25-2)7-4-11/h3-9,17,22H,10H2,1-2H3/t17-/m1/s1. The van der Waals surface area contributed by atoms with Gasteiger partial charge in [-0.1, -0.05) is 6.07 Å². The molecule has 0 aliphatic carbocycles. The number of carbonyl (C=O) groups is 2. The second-order valence-corrected chi connectivity index (χ2v) is 6.25. The van der Waals surface area contributed by atoms with Crippen LogP contribution in [0.2, 0.25) is 0 Å². The van der Waals surface area contributed by atoms with Gasteiger partial charge in [0.25, 0.3) is 11.7 Å². The van der Waals surface area contributed by atoms with Crippen LogP contribution < -0.4 is 14.2 Å². The lowest BCUT2D eigenvalue weighted by molar-refractivity contribution is -0.139. The summed E-state index contributed by atoms with van der Waals surface area (Å²) < 4.78 is 15.8. The van der Waals surface area contributed by atoms with Crippen molar-refractivity contribution in [1.82, 2.24) is 4.90 Å². The van der Waals surface area contributed by atoms with Crippen molar-refractivity contribution in [2.75, 3.05) is 21.0 Å². The number of rotatable bonds is 3. The fraction of sp³-hybridized carbons (Fsp3) is 0.200. The molecule has 7 heteroatoms. The summed E-state index contributed by atoms with van der Waals surface area (Å²) >= 11 is 0. The number of ether oxygens (including phenoxy) is 3. The molecule has 27 heavy (non-hydrogen) atoms. The number of likely N-dealkylation sites (tertiary alicyclic amines) is 1. The minimum atomic E-state index is -0.728. The number of carbonyl (C=O) groups excluding carboxylic acids is 2. The lowest BCUT2D eigenvalue weighted by atomic mass is 9.95. The normalized spacial score (nSPS) is 20.2. The molecule has 0 spiro atoms. The highest BCUT2D eigenvalue weighted by molar-refractivity contribution is 6.46. The highest BCUT2D eigenvalue weighted by Gasteiger charge is 2.44. The maximum atomic E-state index is 12.6. The average molecular weight is 367 g/mol. The van der Waals surface area contributed by atoms with E-state index in [0.29, 0.717) is 28.4 Å². The Bertz CT molecular complexity index is 963. The number of aliphatic hydroxyl groups is 1. The summed E-state index contributed by atoms with van der Waals surface area (Å²) in [5, 5.41) is 10.8. The lowest BCUT2D eigenvalue weighted by Crippen LogP contribution is -2.24. The van der Waals surface area contributed by atoms with Gasteiger partial charge in [-0.2, -0.15) is 0 Å². The molecule has 2 aromatic carbocycles. The van der Waals surface area contributed by atoms with Gasteiger partial charge in [0.15, 0.2) is 11.5 Å². The Balaban J connectivity index is 1.82. The highest BCUT2D eigenvalue weighted by Crippen LogP contribution is 2.42. The van der Waals surface area contributed by atoms with Crippen molar-refractivity contribution in [3.05, 3.63) is 59.2 Å². The number of hydrogen-bond donors (Lipinski definition) is 1. The number of aliphatic hydroxyl groups excluding tert-OH is 1. The van der Waals surface area contributed by atoms with Crippen molar-refractivity contribution in [1.29, 1.82) is 0 Å². The van der Waals surface area contributed by atoms with E-state index in [2.05, 4.69) is 0 Å². The molecule has 1 amide bonds. The molecule has 2 aliphatic heterocycles. The first-order chi connectivity index (χ1) is 13.0. The third-order valence-corrected chi connectivity index (χ3v) is 4.75. The number of fused-ring (bicyclic) bond motifs is 1. The minimum absolute atomic E-state index is 0.0338. The zero-order chi connectivity index (χ0) is 19.1. The molecular formula is C20H17NO6. The number of ketones is 1. The zero-order valence-corrected chi connectivity index (χ0v) is 14.8. The Hall–Kier alpha value is -3.48. The molecule has 138 valence electrons. The van der Waals surface area contributed by atoms with Gasteiger partial charge in [-0.25, -0.2) is 0 Å². The van der Waals surface area contributed by atoms with Crippen molar-refractivity contribution < 1.29 is 28.9 Å². The average Bonchev–Trinajstić information content (AvgIpc) is 3.25. The van der Waals surface area contributed by atoms with Gasteiger partial charge < -0.3 is 24.2 Å². The largest absolute Gasteiger partial charge is 0.507 e. The predicted molar refractivity (Wildman–Crippen MR) is 95.6 cm³/mol. The van der Waals surface area contributed by atoms with Gasteiger partial charge in [0.05, 0.1) is 18.7 Å². The third kappa shape index (κ3) is 2.68. The van der Waals surface area contributed by atoms with E-state index in [1.54, 1.807) is 42.5 Å². The van der Waals surface area contributed by atoms with Gasteiger partial charge in [0, 0.05) is 12.6 Å². The van der Waals surface area contributed by atoms with Gasteiger partial charge in [-0.15, -0.1) is 0 Å². The van der Waals surface area contributed by atoms with Crippen molar-refractivity contribution in [3.8, 4) is 17.2 Å². The first kappa shape index (κ1) is 17.0. The van der Waals surface area contributed by atoms with E-state index in [1.165, 1.54) is 19.1 Å². The van der Waals surface area contributed by atoms with Gasteiger partial charge in [-0.05, 0) is 42.0 Å². The number of Topliss-reactive ketones (excluding diaryl/α,β-unsaturated/α-hetero) is 1. The fourth-order valence-corrected chi connectivity index (χ4v) is 3.33. The molecule has 2 heterocycles. The van der Waals surface area contributed by atoms with Crippen LogP contribution in [0.1, 0.15) is 17.2 Å². The first-order valence-corrected chi connectivity index (χ1v) is 8.30. The summed E-state index contributed by atoms with van der Waals surface area (Å²) in [5.41, 5.74) is 1.11. The maximum Gasteiger partial charge on any atom is 0.295 e. The molecule has 0 bridgehead atoms. The molecule has 1 fully saturated rings. The van der Waals surface area contributed by atoms with E-state index in [-0.39, 0.29) is 18.1 Å². The van der Waals surface area contributed by atoms with Crippen LogP contribution in [0.25, 0.3) is 5.76 Å². The van der Waals surface area contributed by atoms with Crippen LogP contribution in [-0.2, 0) is 9.59 Å². The monoisotopic (exact) mass is 367 g/mol. The molecule has 2 aromatic rings. The summed E-state index contributed by atoms with van der Waals surface area (Å²) in [4.78, 5) is 26.2. The van der Waals surface area contributed by atoms with Gasteiger partial charge in [0.2, 0.25) is 6.79 Å². The summed E-state index contributed by atoms with van der Waals surface area (Å²) in [6.45, 7) is 0.122. The summed E-state index contributed by atoms with van der Waals surface area (Å²) in [7, 11) is 3.07. The van der Waals surface area contributed by atoms with E-state index in [9.17, 15) is 14.7 Å². The van der Waals surface area contributed by atoms with Crippen molar-refractivity contribution in [2.45, 2.75) is 6.04 Å². The Kier molecular flexibility index (Phi) is 3.99. The smallest absolute Gasteiger partial charge is 0.295 e. The molecule has 1 N–H and O–H groups in total.